The number of aliphatic hydroxyl groups is 1. The molecule has 0 unspecified atom stereocenters. The van der Waals surface area contributed by atoms with Gasteiger partial charge < -0.3 is 40.0 Å². The number of ether oxygens (including phenoxy) is 3. The Hall–Kier alpha value is -4.91. The molecule has 4 heterocycles. The lowest BCUT2D eigenvalue weighted by Crippen LogP contribution is -2.52. The van der Waals surface area contributed by atoms with Crippen molar-refractivity contribution in [1.29, 1.82) is 0 Å². The van der Waals surface area contributed by atoms with Crippen molar-refractivity contribution < 1.29 is 34.0 Å². The van der Waals surface area contributed by atoms with Crippen molar-refractivity contribution in [2.75, 3.05) is 45.9 Å². The van der Waals surface area contributed by atoms with E-state index in [1.165, 1.54) is 12.1 Å². The van der Waals surface area contributed by atoms with Crippen molar-refractivity contribution in [2.45, 2.75) is 69.6 Å². The van der Waals surface area contributed by atoms with E-state index in [0.717, 1.165) is 81.5 Å². The molecule has 3 aromatic carbocycles. The van der Waals surface area contributed by atoms with Crippen LogP contribution in [-0.4, -0.2) is 84.2 Å². The molecule has 12 nitrogen and oxygen atoms in total. The van der Waals surface area contributed by atoms with Crippen molar-refractivity contribution in [1.82, 2.24) is 20.5 Å². The van der Waals surface area contributed by atoms with Gasteiger partial charge >= 0.3 is 12.1 Å². The van der Waals surface area contributed by atoms with Crippen molar-refractivity contribution in [2.24, 2.45) is 17.8 Å². The minimum Gasteiger partial charge on any atom is -0.506 e. The van der Waals surface area contributed by atoms with E-state index in [0.29, 0.717) is 61.0 Å². The van der Waals surface area contributed by atoms with Crippen molar-refractivity contribution in [3.05, 3.63) is 106 Å². The zero-order valence-corrected chi connectivity index (χ0v) is 31.9. The summed E-state index contributed by atoms with van der Waals surface area (Å²) in [7, 11) is 0. The molecule has 1 saturated carbocycles. The fourth-order valence-corrected chi connectivity index (χ4v) is 8.44. The molecule has 298 valence electrons. The van der Waals surface area contributed by atoms with Gasteiger partial charge in [0.2, 0.25) is 5.56 Å². The summed E-state index contributed by atoms with van der Waals surface area (Å²) in [5.74, 6) is 1.24. The number of aliphatic hydroxyl groups excluding tert-OH is 1. The van der Waals surface area contributed by atoms with E-state index >= 15 is 0 Å². The Morgan fingerprint density at radius 2 is 1.68 bits per heavy atom. The average molecular weight is 767 g/mol. The lowest BCUT2D eigenvalue weighted by atomic mass is 9.82. The number of fused-ring (bicyclic) bond motifs is 4. The van der Waals surface area contributed by atoms with Crippen LogP contribution in [0.2, 0.25) is 0 Å². The van der Waals surface area contributed by atoms with Gasteiger partial charge in [0.05, 0.1) is 36.8 Å². The Bertz CT molecular complexity index is 1970. The zero-order valence-electron chi connectivity index (χ0n) is 31.9. The fraction of sp³-hybridized carbons (Fsp3) is 0.477. The maximum absolute atomic E-state index is 13.2. The lowest BCUT2D eigenvalue weighted by Gasteiger charge is -2.43. The number of H-pyrrole nitrogens is 1. The summed E-state index contributed by atoms with van der Waals surface area (Å²) in [6, 6.07) is 23.5. The van der Waals surface area contributed by atoms with Gasteiger partial charge in [-0.2, -0.15) is 0 Å². The summed E-state index contributed by atoms with van der Waals surface area (Å²) in [6.45, 7) is 4.85. The smallest absolute Gasteiger partial charge is 0.408 e. The molecule has 2 bridgehead atoms. The Labute approximate surface area is 327 Å². The number of unbranched alkanes of at least 4 members (excludes halogenated alkanes) is 1. The standard InChI is InChI=1S/C44H54N4O8/c49-37-17-15-35(36-16-18-40(51)46-42(36)37)38(50)26-45-21-4-5-24-54-43(52)32-13-11-29(12-14-32)28-55-34-10-6-9-33(25-34)41(31-7-2-1-3-8-31)47-44(53)56-39-27-48-22-19-30(39)20-23-48/h1-3,6-10,15-18,25,29-30,32,38-39,41,45,49-50H,4-5,11-14,19-24,26-28H2,(H,46,51)(H,47,53)/t29-,32-,38-,39-,41-/m0/s1. The highest BCUT2D eigenvalue weighted by molar-refractivity contribution is 5.87. The fourth-order valence-electron chi connectivity index (χ4n) is 8.44. The van der Waals surface area contributed by atoms with Gasteiger partial charge in [0.25, 0.3) is 0 Å². The van der Waals surface area contributed by atoms with Crippen LogP contribution in [0.3, 0.4) is 0 Å². The highest BCUT2D eigenvalue weighted by Crippen LogP contribution is 2.33. The Morgan fingerprint density at radius 3 is 2.45 bits per heavy atom. The van der Waals surface area contributed by atoms with E-state index < -0.39 is 12.2 Å². The van der Waals surface area contributed by atoms with Gasteiger partial charge in [-0.1, -0.05) is 48.5 Å². The van der Waals surface area contributed by atoms with E-state index in [4.69, 9.17) is 14.2 Å². The third kappa shape index (κ3) is 10.1. The SMILES string of the molecule is O=C(N[C@@H](c1ccccc1)c1cccc(OC[C@H]2CC[C@H](C(=O)OCCCCNC[C@H](O)c3ccc(O)c4[nH]c(=O)ccc34)CC2)c1)O[C@H]1CN2CCC1CC2. The third-order valence-corrected chi connectivity index (χ3v) is 11.7. The van der Waals surface area contributed by atoms with Gasteiger partial charge in [-0.25, -0.2) is 4.79 Å². The van der Waals surface area contributed by atoms with Gasteiger partial charge in [0.15, 0.2) is 0 Å². The number of hydrogen-bond donors (Lipinski definition) is 5. The quantitative estimate of drug-likeness (QED) is 0.0678. The molecule has 3 atom stereocenters. The number of pyridine rings is 1. The maximum Gasteiger partial charge on any atom is 0.408 e. The molecule has 4 fully saturated rings. The number of aromatic nitrogens is 1. The first-order valence-electron chi connectivity index (χ1n) is 20.2. The van der Waals surface area contributed by atoms with Crippen LogP contribution in [-0.2, 0) is 14.3 Å². The molecule has 56 heavy (non-hydrogen) atoms. The summed E-state index contributed by atoms with van der Waals surface area (Å²) < 4.78 is 17.9. The number of carbonyl (C=O) groups is 2. The number of phenolic OH excluding ortho intramolecular Hbond substituents is 1. The Kier molecular flexibility index (Phi) is 13.2. The van der Waals surface area contributed by atoms with Gasteiger partial charge in [-0.15, -0.1) is 0 Å². The number of aromatic amines is 1. The summed E-state index contributed by atoms with van der Waals surface area (Å²) in [5.41, 5.74) is 2.49. The van der Waals surface area contributed by atoms with Crippen LogP contribution >= 0.6 is 0 Å². The summed E-state index contributed by atoms with van der Waals surface area (Å²) >= 11 is 0. The summed E-state index contributed by atoms with van der Waals surface area (Å²) in [4.78, 5) is 42.7. The minimum atomic E-state index is -0.821. The number of hydrogen-bond acceptors (Lipinski definition) is 10. The zero-order chi connectivity index (χ0) is 38.9. The predicted octanol–water partition coefficient (Wildman–Crippen LogP) is 5.98. The van der Waals surface area contributed by atoms with Crippen molar-refractivity contribution in [3.63, 3.8) is 0 Å². The lowest BCUT2D eigenvalue weighted by molar-refractivity contribution is -0.150. The molecule has 0 spiro atoms. The number of esters is 1. The number of amides is 1. The van der Waals surface area contributed by atoms with E-state index in [9.17, 15) is 24.6 Å². The Balaban J connectivity index is 0.803. The van der Waals surface area contributed by atoms with E-state index in [1.807, 2.05) is 54.6 Å². The number of aromatic hydroxyl groups is 1. The number of benzene rings is 3. The van der Waals surface area contributed by atoms with Gasteiger partial charge in [-0.05, 0) is 124 Å². The molecule has 4 aliphatic rings. The average Bonchev–Trinajstić information content (AvgIpc) is 3.23. The second-order valence-electron chi connectivity index (χ2n) is 15.6. The van der Waals surface area contributed by atoms with Crippen LogP contribution in [0.4, 0.5) is 4.79 Å². The molecule has 3 saturated heterocycles. The number of nitrogens with zero attached hydrogens (tertiary/aromatic N) is 1. The molecular weight excluding hydrogens is 713 g/mol. The van der Waals surface area contributed by atoms with Crippen LogP contribution < -0.4 is 20.9 Å². The molecule has 0 radical (unpaired) electrons. The first-order chi connectivity index (χ1) is 27.3. The van der Waals surface area contributed by atoms with Gasteiger partial charge in [-0.3, -0.25) is 14.5 Å². The topological polar surface area (TPSA) is 162 Å². The third-order valence-electron chi connectivity index (χ3n) is 11.7. The van der Waals surface area contributed by atoms with Gasteiger partial charge in [0, 0.05) is 24.5 Å². The Morgan fingerprint density at radius 1 is 0.893 bits per heavy atom. The number of alkyl carbamates (subject to hydrolysis) is 1. The predicted molar refractivity (Wildman–Crippen MR) is 212 cm³/mol. The first kappa shape index (κ1) is 39.3. The molecular formula is C44H54N4O8. The summed E-state index contributed by atoms with van der Waals surface area (Å²) in [5, 5.41) is 27.8. The first-order valence-corrected chi connectivity index (χ1v) is 20.2. The monoisotopic (exact) mass is 766 g/mol. The van der Waals surface area contributed by atoms with Crippen LogP contribution in [0.15, 0.2) is 83.7 Å². The molecule has 1 amide bonds. The second kappa shape index (κ2) is 18.8. The molecule has 12 heteroatoms. The van der Waals surface area contributed by atoms with Crippen LogP contribution in [0.1, 0.15) is 80.2 Å². The van der Waals surface area contributed by atoms with Gasteiger partial charge in [0.1, 0.15) is 17.6 Å². The summed E-state index contributed by atoms with van der Waals surface area (Å²) in [6.07, 6.45) is 5.67. The highest BCUT2D eigenvalue weighted by Gasteiger charge is 2.37. The van der Waals surface area contributed by atoms with Crippen molar-refractivity contribution >= 4 is 23.0 Å². The van der Waals surface area contributed by atoms with Crippen LogP contribution in [0, 0.1) is 17.8 Å². The largest absolute Gasteiger partial charge is 0.506 e. The molecule has 8 rings (SSSR count). The van der Waals surface area contributed by atoms with E-state index in [2.05, 4.69) is 20.5 Å². The van der Waals surface area contributed by atoms with Crippen LogP contribution in [0.5, 0.6) is 11.5 Å². The molecule has 1 aliphatic carbocycles. The molecule has 5 N–H and O–H groups in total. The van der Waals surface area contributed by atoms with E-state index in [1.54, 1.807) is 12.1 Å². The minimum absolute atomic E-state index is 0.0430. The number of phenols is 1. The highest BCUT2D eigenvalue weighted by atomic mass is 16.6. The number of rotatable bonds is 16. The molecule has 3 aliphatic heterocycles. The second-order valence-corrected chi connectivity index (χ2v) is 15.6. The van der Waals surface area contributed by atoms with Crippen molar-refractivity contribution in [3.8, 4) is 11.5 Å². The van der Waals surface area contributed by atoms with E-state index in [-0.39, 0.29) is 35.3 Å². The number of piperidine rings is 3. The number of nitrogens with one attached hydrogen (secondary N) is 3. The molecule has 4 aromatic rings. The number of carbonyl (C=O) groups excluding carboxylic acids is 2. The maximum atomic E-state index is 13.2. The normalized spacial score (nSPS) is 22.9. The molecule has 1 aromatic heterocycles. The van der Waals surface area contributed by atoms with Crippen LogP contribution in [0.25, 0.3) is 10.9 Å².